The Bertz CT molecular complexity index is 1410. The van der Waals surface area contributed by atoms with Crippen LogP contribution in [0.3, 0.4) is 0 Å². The molecule has 1 aliphatic heterocycles. The highest BCUT2D eigenvalue weighted by molar-refractivity contribution is 6.28. The van der Waals surface area contributed by atoms with Crippen molar-refractivity contribution in [3.05, 3.63) is 65.0 Å². The van der Waals surface area contributed by atoms with E-state index in [1.807, 2.05) is 37.3 Å². The highest BCUT2D eigenvalue weighted by atomic mass is 35.5. The van der Waals surface area contributed by atoms with E-state index in [9.17, 15) is 15.0 Å². The molecule has 0 aliphatic carbocycles. The molecule has 0 radical (unpaired) electrons. The number of nitrogens with zero attached hydrogens (tertiary/aromatic N) is 5. The fourth-order valence-corrected chi connectivity index (χ4v) is 4.65. The molecule has 12 nitrogen and oxygen atoms in total. The third kappa shape index (κ3) is 5.20. The summed E-state index contributed by atoms with van der Waals surface area (Å²) >= 11 is 6.27. The molecule has 5 rings (SSSR count). The maximum atomic E-state index is 11.9. The number of nitrogens with one attached hydrogen (secondary N) is 1. The number of aliphatic hydroxyl groups excluding tert-OH is 2. The zero-order chi connectivity index (χ0) is 26.8. The van der Waals surface area contributed by atoms with E-state index >= 15 is 0 Å². The van der Waals surface area contributed by atoms with Crippen LogP contribution in [0.2, 0.25) is 5.28 Å². The Morgan fingerprint density at radius 1 is 1.29 bits per heavy atom. The molecule has 4 heterocycles. The van der Waals surface area contributed by atoms with Gasteiger partial charge in [0.1, 0.15) is 6.10 Å². The van der Waals surface area contributed by atoms with E-state index in [1.54, 1.807) is 6.07 Å². The lowest BCUT2D eigenvalue weighted by molar-refractivity contribution is -0.155. The number of aliphatic hydroxyl groups is 2. The number of aryl methyl sites for hydroxylation is 1. The molecule has 4 aromatic rings. The van der Waals surface area contributed by atoms with Gasteiger partial charge in [-0.3, -0.25) is 9.36 Å². The van der Waals surface area contributed by atoms with Crippen molar-refractivity contribution in [1.29, 1.82) is 0 Å². The van der Waals surface area contributed by atoms with Gasteiger partial charge in [0.15, 0.2) is 41.2 Å². The Labute approximate surface area is 222 Å². The molecule has 5 atom stereocenters. The summed E-state index contributed by atoms with van der Waals surface area (Å²) in [5.41, 5.74) is 2.37. The van der Waals surface area contributed by atoms with Gasteiger partial charge in [-0.2, -0.15) is 9.97 Å². The summed E-state index contributed by atoms with van der Waals surface area (Å²) in [6.07, 6.45) is -1.69. The minimum atomic E-state index is -1.25. The van der Waals surface area contributed by atoms with Crippen LogP contribution in [0.4, 0.5) is 5.82 Å². The second-order valence-corrected chi connectivity index (χ2v) is 9.30. The smallest absolute Gasteiger partial charge is 0.303 e. The van der Waals surface area contributed by atoms with E-state index in [4.69, 9.17) is 25.6 Å². The largest absolute Gasteiger partial charge is 0.455 e. The summed E-state index contributed by atoms with van der Waals surface area (Å²) in [6.45, 7) is 3.01. The highest BCUT2D eigenvalue weighted by Gasteiger charge is 2.49. The number of hydrogen-bond acceptors (Lipinski definition) is 11. The zero-order valence-electron chi connectivity index (χ0n) is 20.7. The van der Waals surface area contributed by atoms with Crippen LogP contribution in [-0.2, 0) is 27.1 Å². The maximum absolute atomic E-state index is 11.9. The molecule has 13 heteroatoms. The third-order valence-electron chi connectivity index (χ3n) is 6.29. The number of carbonyl (C=O) groups is 1. The SMILES string of the molecule is CCc1cc([C@H]2O[C@@H](n3cnc4c(N[C@H](CO)Cc5ccccc5)nc(Cl)nc43)[C@H](OC(C)=O)[C@@H]2O)on1. The number of anilines is 1. The van der Waals surface area contributed by atoms with E-state index in [0.29, 0.717) is 35.6 Å². The van der Waals surface area contributed by atoms with E-state index in [1.165, 1.54) is 17.8 Å². The van der Waals surface area contributed by atoms with Gasteiger partial charge in [-0.15, -0.1) is 0 Å². The van der Waals surface area contributed by atoms with Gasteiger partial charge in [0.05, 0.1) is 24.7 Å². The lowest BCUT2D eigenvalue weighted by atomic mass is 10.1. The molecule has 1 fully saturated rings. The van der Waals surface area contributed by atoms with E-state index in [2.05, 4.69) is 25.4 Å². The third-order valence-corrected chi connectivity index (χ3v) is 6.46. The summed E-state index contributed by atoms with van der Waals surface area (Å²) in [7, 11) is 0. The number of fused-ring (bicyclic) bond motifs is 1. The molecular weight excluding hydrogens is 516 g/mol. The van der Waals surface area contributed by atoms with Crippen LogP contribution in [0.1, 0.15) is 43.2 Å². The van der Waals surface area contributed by atoms with Crippen LogP contribution in [-0.4, -0.2) is 65.7 Å². The predicted molar refractivity (Wildman–Crippen MR) is 135 cm³/mol. The number of imidazole rings is 1. The lowest BCUT2D eigenvalue weighted by Gasteiger charge is -2.21. The Morgan fingerprint density at radius 3 is 2.76 bits per heavy atom. The summed E-state index contributed by atoms with van der Waals surface area (Å²) in [5.74, 6) is 0.0251. The van der Waals surface area contributed by atoms with Crippen molar-refractivity contribution in [2.45, 2.75) is 57.3 Å². The van der Waals surface area contributed by atoms with Gasteiger partial charge in [0.2, 0.25) is 5.28 Å². The quantitative estimate of drug-likeness (QED) is 0.211. The number of aromatic nitrogens is 5. The number of hydrogen-bond donors (Lipinski definition) is 3. The van der Waals surface area contributed by atoms with Crippen molar-refractivity contribution in [1.82, 2.24) is 24.7 Å². The molecule has 0 amide bonds. The van der Waals surface area contributed by atoms with E-state index in [0.717, 1.165) is 5.56 Å². The standard InChI is InChI=1S/C25H27ClN6O6/c1-3-15-10-17(38-31-15)20-19(35)21(36-13(2)34)24(37-20)32-12-27-18-22(29-25(26)30-23(18)32)28-16(11-33)9-14-7-5-4-6-8-14/h4-8,10,12,16,19-21,24,33,35H,3,9,11H2,1-2H3,(H,28,29,30)/t16-,19+,20+,21+,24+/m0/s1. The molecule has 0 saturated carbocycles. The van der Waals surface area contributed by atoms with Crippen molar-refractivity contribution in [2.75, 3.05) is 11.9 Å². The summed E-state index contributed by atoms with van der Waals surface area (Å²) in [5, 5.41) is 28.1. The first kappa shape index (κ1) is 26.0. The minimum Gasteiger partial charge on any atom is -0.455 e. The van der Waals surface area contributed by atoms with Crippen molar-refractivity contribution in [3.63, 3.8) is 0 Å². The van der Waals surface area contributed by atoms with Crippen LogP contribution in [0, 0.1) is 0 Å². The minimum absolute atomic E-state index is 0.0693. The summed E-state index contributed by atoms with van der Waals surface area (Å²) in [4.78, 5) is 25.0. The zero-order valence-corrected chi connectivity index (χ0v) is 21.4. The number of esters is 1. The van der Waals surface area contributed by atoms with Gasteiger partial charge in [-0.25, -0.2) is 4.98 Å². The second-order valence-electron chi connectivity index (χ2n) is 8.96. The molecule has 0 bridgehead atoms. The Balaban J connectivity index is 1.48. The van der Waals surface area contributed by atoms with E-state index < -0.39 is 30.5 Å². The molecule has 1 saturated heterocycles. The van der Waals surface area contributed by atoms with Crippen molar-refractivity contribution in [3.8, 4) is 0 Å². The topological polar surface area (TPSA) is 158 Å². The molecule has 3 N–H and O–H groups in total. The van der Waals surface area contributed by atoms with Crippen LogP contribution in [0.15, 0.2) is 47.2 Å². The van der Waals surface area contributed by atoms with Crippen molar-refractivity contribution < 1.29 is 29.0 Å². The van der Waals surface area contributed by atoms with Crippen molar-refractivity contribution >= 4 is 34.6 Å². The summed E-state index contributed by atoms with van der Waals surface area (Å²) in [6, 6.07) is 11.0. The normalized spacial score (nSPS) is 22.0. The Kier molecular flexibility index (Phi) is 7.56. The van der Waals surface area contributed by atoms with Gasteiger partial charge in [0, 0.05) is 13.0 Å². The fourth-order valence-electron chi connectivity index (χ4n) is 4.49. The van der Waals surface area contributed by atoms with Crippen LogP contribution < -0.4 is 5.32 Å². The van der Waals surface area contributed by atoms with Gasteiger partial charge in [0.25, 0.3) is 0 Å². The lowest BCUT2D eigenvalue weighted by Crippen LogP contribution is -2.33. The molecule has 0 spiro atoms. The van der Waals surface area contributed by atoms with Crippen LogP contribution in [0.25, 0.3) is 11.2 Å². The van der Waals surface area contributed by atoms with Gasteiger partial charge in [-0.05, 0) is 30.0 Å². The fraction of sp³-hybridized carbons (Fsp3) is 0.400. The number of halogens is 1. The van der Waals surface area contributed by atoms with Gasteiger partial charge in [-0.1, -0.05) is 42.4 Å². The van der Waals surface area contributed by atoms with Crippen LogP contribution >= 0.6 is 11.6 Å². The van der Waals surface area contributed by atoms with Gasteiger partial charge < -0.3 is 29.5 Å². The average molecular weight is 543 g/mol. The van der Waals surface area contributed by atoms with E-state index in [-0.39, 0.29) is 23.6 Å². The highest BCUT2D eigenvalue weighted by Crippen LogP contribution is 2.42. The Morgan fingerprint density at radius 2 is 2.08 bits per heavy atom. The van der Waals surface area contributed by atoms with Crippen LogP contribution in [0.5, 0.6) is 0 Å². The number of ether oxygens (including phenoxy) is 2. The molecular formula is C25H27ClN6O6. The first-order valence-electron chi connectivity index (χ1n) is 12.2. The molecule has 3 aromatic heterocycles. The first-order valence-corrected chi connectivity index (χ1v) is 12.5. The number of benzene rings is 1. The summed E-state index contributed by atoms with van der Waals surface area (Å²) < 4.78 is 18.5. The monoisotopic (exact) mass is 542 g/mol. The molecule has 200 valence electrons. The second kappa shape index (κ2) is 11.0. The maximum Gasteiger partial charge on any atom is 0.303 e. The molecule has 1 aliphatic rings. The predicted octanol–water partition coefficient (Wildman–Crippen LogP) is 2.61. The van der Waals surface area contributed by atoms with Crippen molar-refractivity contribution in [2.24, 2.45) is 0 Å². The first-order chi connectivity index (χ1) is 18.4. The molecule has 0 unspecified atom stereocenters. The average Bonchev–Trinajstić information content (AvgIpc) is 3.62. The number of rotatable bonds is 9. The Hall–Kier alpha value is -3.58. The molecule has 1 aromatic carbocycles. The molecule has 38 heavy (non-hydrogen) atoms. The number of carbonyl (C=O) groups excluding carboxylic acids is 1. The van der Waals surface area contributed by atoms with Gasteiger partial charge >= 0.3 is 5.97 Å².